The van der Waals surface area contributed by atoms with Gasteiger partial charge in [0.2, 0.25) is 0 Å². The Morgan fingerprint density at radius 2 is 1.96 bits per heavy atom. The lowest BCUT2D eigenvalue weighted by Crippen LogP contribution is -2.53. The van der Waals surface area contributed by atoms with Gasteiger partial charge >= 0.3 is 0 Å². The van der Waals surface area contributed by atoms with E-state index < -0.39 is 4.92 Å². The van der Waals surface area contributed by atoms with Crippen molar-refractivity contribution in [2.75, 3.05) is 0 Å². The lowest BCUT2D eigenvalue weighted by atomic mass is 9.67. The molecule has 0 aliphatic heterocycles. The average molecular weight is 343 g/mol. The van der Waals surface area contributed by atoms with Crippen molar-refractivity contribution in [1.29, 1.82) is 0 Å². The second kappa shape index (κ2) is 6.15. The number of nitro groups is 1. The molecule has 1 aromatic carbocycles. The third-order valence-corrected chi connectivity index (χ3v) is 5.61. The summed E-state index contributed by atoms with van der Waals surface area (Å²) in [5.41, 5.74) is 6.59. The van der Waals surface area contributed by atoms with Crippen LogP contribution in [0.15, 0.2) is 28.7 Å². The number of amides is 1. The number of nitro benzene ring substituents is 1. The molecular weight excluding hydrogens is 322 g/mol. The monoisotopic (exact) mass is 343 g/mol. The first-order chi connectivity index (χ1) is 12.0. The summed E-state index contributed by atoms with van der Waals surface area (Å²) in [4.78, 5) is 23.1. The van der Waals surface area contributed by atoms with Gasteiger partial charge in [-0.25, -0.2) is 0 Å². The van der Waals surface area contributed by atoms with Crippen LogP contribution in [0.2, 0.25) is 0 Å². The van der Waals surface area contributed by atoms with E-state index >= 15 is 0 Å². The number of furan rings is 1. The van der Waals surface area contributed by atoms with Crippen LogP contribution < -0.4 is 11.1 Å². The lowest BCUT2D eigenvalue weighted by molar-refractivity contribution is -0.384. The largest absolute Gasteiger partial charge is 0.451 e. The first-order valence-corrected chi connectivity index (χ1v) is 8.75. The summed E-state index contributed by atoms with van der Waals surface area (Å²) in [6.45, 7) is 0. The van der Waals surface area contributed by atoms with Gasteiger partial charge in [0, 0.05) is 29.6 Å². The molecule has 1 aromatic heterocycles. The molecule has 7 nitrogen and oxygen atoms in total. The van der Waals surface area contributed by atoms with Gasteiger partial charge in [-0.1, -0.05) is 6.42 Å². The van der Waals surface area contributed by atoms with Gasteiger partial charge in [-0.3, -0.25) is 14.9 Å². The van der Waals surface area contributed by atoms with Gasteiger partial charge in [-0.05, 0) is 49.7 Å². The van der Waals surface area contributed by atoms with Crippen LogP contribution in [0.3, 0.4) is 0 Å². The number of benzene rings is 1. The summed E-state index contributed by atoms with van der Waals surface area (Å²) in [5.74, 6) is 0.800. The molecule has 0 saturated heterocycles. The first-order valence-electron chi connectivity index (χ1n) is 8.75. The van der Waals surface area contributed by atoms with Crippen LogP contribution >= 0.6 is 0 Å². The molecule has 4 rings (SSSR count). The maximum Gasteiger partial charge on any atom is 0.287 e. The van der Waals surface area contributed by atoms with E-state index in [0.717, 1.165) is 25.7 Å². The Kier molecular flexibility index (Phi) is 3.95. The highest BCUT2D eigenvalue weighted by molar-refractivity contribution is 5.96. The van der Waals surface area contributed by atoms with Crippen molar-refractivity contribution < 1.29 is 14.1 Å². The summed E-state index contributed by atoms with van der Waals surface area (Å²) in [5, 5.41) is 14.6. The molecule has 2 aliphatic rings. The molecule has 2 saturated carbocycles. The SMILES string of the molecule is NC1CC2CCCC(C1)C2NC(=O)c1cc2cc([N+](=O)[O-])ccc2o1. The average Bonchev–Trinajstić information content (AvgIpc) is 2.98. The summed E-state index contributed by atoms with van der Waals surface area (Å²) in [6.07, 6.45) is 5.30. The number of carbonyl (C=O) groups excluding carboxylic acids is 1. The van der Waals surface area contributed by atoms with Crippen LogP contribution in [0.4, 0.5) is 5.69 Å². The minimum absolute atomic E-state index is 0.0175. The molecule has 1 amide bonds. The third-order valence-electron chi connectivity index (χ3n) is 5.61. The molecule has 7 heteroatoms. The maximum atomic E-state index is 12.6. The van der Waals surface area contributed by atoms with Crippen LogP contribution in [0.25, 0.3) is 11.0 Å². The van der Waals surface area contributed by atoms with Crippen LogP contribution in [-0.4, -0.2) is 22.9 Å². The van der Waals surface area contributed by atoms with Crippen molar-refractivity contribution in [3.8, 4) is 0 Å². The van der Waals surface area contributed by atoms with Gasteiger partial charge in [0.1, 0.15) is 5.58 Å². The number of rotatable bonds is 3. The number of nitrogens with one attached hydrogen (secondary N) is 1. The number of carbonyl (C=O) groups is 1. The number of nitrogens with zero attached hydrogens (tertiary/aromatic N) is 1. The number of non-ortho nitro benzene ring substituents is 1. The van der Waals surface area contributed by atoms with E-state index in [1.165, 1.54) is 24.6 Å². The molecule has 2 aliphatic carbocycles. The zero-order valence-corrected chi connectivity index (χ0v) is 13.8. The Morgan fingerprint density at radius 1 is 1.24 bits per heavy atom. The highest BCUT2D eigenvalue weighted by Gasteiger charge is 2.40. The molecule has 0 radical (unpaired) electrons. The van der Waals surface area contributed by atoms with Gasteiger partial charge in [-0.15, -0.1) is 0 Å². The van der Waals surface area contributed by atoms with E-state index in [1.54, 1.807) is 6.07 Å². The summed E-state index contributed by atoms with van der Waals surface area (Å²) < 4.78 is 5.59. The van der Waals surface area contributed by atoms with Gasteiger partial charge in [0.15, 0.2) is 5.76 Å². The standard InChI is InChI=1S/C18H21N3O4/c19-13-6-10-2-1-3-11(7-13)17(10)20-18(22)16-9-12-8-14(21(23)24)4-5-15(12)25-16/h4-5,8-11,13,17H,1-3,6-7,19H2,(H,20,22). The van der Waals surface area contributed by atoms with E-state index in [1.807, 2.05) is 0 Å². The molecule has 3 N–H and O–H groups in total. The highest BCUT2D eigenvalue weighted by atomic mass is 16.6. The van der Waals surface area contributed by atoms with E-state index in [9.17, 15) is 14.9 Å². The number of fused-ring (bicyclic) bond motifs is 3. The van der Waals surface area contributed by atoms with E-state index in [0.29, 0.717) is 22.8 Å². The molecule has 2 unspecified atom stereocenters. The van der Waals surface area contributed by atoms with Crippen molar-refractivity contribution >= 4 is 22.6 Å². The van der Waals surface area contributed by atoms with E-state index in [2.05, 4.69) is 5.32 Å². The van der Waals surface area contributed by atoms with E-state index in [4.69, 9.17) is 10.2 Å². The number of nitrogens with two attached hydrogens (primary N) is 1. The first kappa shape index (κ1) is 16.1. The van der Waals surface area contributed by atoms with Crippen LogP contribution in [0.1, 0.15) is 42.7 Å². The minimum Gasteiger partial charge on any atom is -0.451 e. The number of hydrogen-bond donors (Lipinski definition) is 2. The van der Waals surface area contributed by atoms with Crippen molar-refractivity contribution in [2.24, 2.45) is 17.6 Å². The van der Waals surface area contributed by atoms with E-state index in [-0.39, 0.29) is 29.4 Å². The number of hydrogen-bond acceptors (Lipinski definition) is 5. The normalized spacial score (nSPS) is 28.7. The summed E-state index contributed by atoms with van der Waals surface area (Å²) >= 11 is 0. The second-order valence-corrected chi connectivity index (χ2v) is 7.27. The fourth-order valence-corrected chi connectivity index (χ4v) is 4.50. The Labute approximate surface area is 144 Å². The predicted octanol–water partition coefficient (Wildman–Crippen LogP) is 2.98. The zero-order valence-electron chi connectivity index (χ0n) is 13.8. The Bertz CT molecular complexity index is 817. The lowest BCUT2D eigenvalue weighted by Gasteiger charge is -2.45. The molecule has 2 atom stereocenters. The Balaban J connectivity index is 1.55. The highest BCUT2D eigenvalue weighted by Crippen LogP contribution is 2.39. The summed E-state index contributed by atoms with van der Waals surface area (Å²) in [6, 6.07) is 6.27. The molecule has 2 fully saturated rings. The van der Waals surface area contributed by atoms with Crippen molar-refractivity contribution in [3.05, 3.63) is 40.1 Å². The van der Waals surface area contributed by atoms with Crippen molar-refractivity contribution in [2.45, 2.75) is 44.2 Å². The van der Waals surface area contributed by atoms with Gasteiger partial charge in [0.05, 0.1) is 4.92 Å². The van der Waals surface area contributed by atoms with Crippen LogP contribution in [-0.2, 0) is 0 Å². The van der Waals surface area contributed by atoms with Crippen molar-refractivity contribution in [3.63, 3.8) is 0 Å². The molecule has 0 spiro atoms. The molecule has 2 bridgehead atoms. The fraction of sp³-hybridized carbons (Fsp3) is 0.500. The molecule has 132 valence electrons. The smallest absolute Gasteiger partial charge is 0.287 e. The third kappa shape index (κ3) is 3.00. The quantitative estimate of drug-likeness (QED) is 0.657. The predicted molar refractivity (Wildman–Crippen MR) is 92.2 cm³/mol. The minimum atomic E-state index is -0.460. The second-order valence-electron chi connectivity index (χ2n) is 7.27. The van der Waals surface area contributed by atoms with Crippen LogP contribution in [0.5, 0.6) is 0 Å². The fourth-order valence-electron chi connectivity index (χ4n) is 4.50. The Hall–Kier alpha value is -2.41. The van der Waals surface area contributed by atoms with Gasteiger partial charge in [-0.2, -0.15) is 0 Å². The molecular formula is C18H21N3O4. The van der Waals surface area contributed by atoms with Gasteiger partial charge in [0.25, 0.3) is 11.6 Å². The maximum absolute atomic E-state index is 12.6. The van der Waals surface area contributed by atoms with Crippen molar-refractivity contribution in [1.82, 2.24) is 5.32 Å². The molecule has 2 aromatic rings. The topological polar surface area (TPSA) is 111 Å². The molecule has 25 heavy (non-hydrogen) atoms. The van der Waals surface area contributed by atoms with Gasteiger partial charge < -0.3 is 15.5 Å². The Morgan fingerprint density at radius 3 is 2.64 bits per heavy atom. The zero-order chi connectivity index (χ0) is 17.6. The van der Waals surface area contributed by atoms with Crippen LogP contribution in [0, 0.1) is 22.0 Å². The summed E-state index contributed by atoms with van der Waals surface area (Å²) in [7, 11) is 0. The molecule has 1 heterocycles.